The molecule has 12 heteroatoms. The lowest BCUT2D eigenvalue weighted by molar-refractivity contribution is -0.385. The number of benzene rings is 2. The van der Waals surface area contributed by atoms with Crippen LogP contribution >= 0.6 is 23.2 Å². The van der Waals surface area contributed by atoms with Gasteiger partial charge in [0.2, 0.25) is 5.82 Å². The summed E-state index contributed by atoms with van der Waals surface area (Å²) in [5, 5.41) is 12.3. The van der Waals surface area contributed by atoms with Crippen LogP contribution in [-0.4, -0.2) is 27.4 Å². The third kappa shape index (κ3) is 5.96. The molecule has 0 saturated heterocycles. The Labute approximate surface area is 192 Å². The van der Waals surface area contributed by atoms with Crippen LogP contribution in [0.25, 0.3) is 0 Å². The number of carbonyl (C=O) groups excluding carboxylic acids is 1. The highest BCUT2D eigenvalue weighted by Crippen LogP contribution is 2.34. The molecule has 0 radical (unpaired) electrons. The van der Waals surface area contributed by atoms with Crippen LogP contribution in [0.3, 0.4) is 0 Å². The number of halogens is 2. The second kappa shape index (κ2) is 10.1. The summed E-state index contributed by atoms with van der Waals surface area (Å²) >= 11 is 11.8. The van der Waals surface area contributed by atoms with Crippen molar-refractivity contribution in [1.82, 2.24) is 15.4 Å². The lowest BCUT2D eigenvalue weighted by atomic mass is 10.1. The maximum Gasteiger partial charge on any atom is 0.374 e. The summed E-state index contributed by atoms with van der Waals surface area (Å²) in [6, 6.07) is 9.90. The summed E-state index contributed by atoms with van der Waals surface area (Å²) in [5.41, 5.74) is 5.96. The first-order valence-corrected chi connectivity index (χ1v) is 9.87. The van der Waals surface area contributed by atoms with E-state index in [0.717, 1.165) is 17.5 Å². The number of hydrogen-bond donors (Lipinski definition) is 2. The molecule has 0 saturated carbocycles. The molecule has 32 heavy (non-hydrogen) atoms. The molecule has 0 aliphatic rings. The van der Waals surface area contributed by atoms with Gasteiger partial charge < -0.3 is 9.47 Å². The number of nitrogens with zero attached hydrogens (tertiary/aromatic N) is 3. The number of nitro groups is 1. The van der Waals surface area contributed by atoms with Gasteiger partial charge in [0.25, 0.3) is 5.91 Å². The van der Waals surface area contributed by atoms with Gasteiger partial charge in [0.1, 0.15) is 17.8 Å². The predicted molar refractivity (Wildman–Crippen MR) is 118 cm³/mol. The smallest absolute Gasteiger partial charge is 0.374 e. The van der Waals surface area contributed by atoms with Crippen molar-refractivity contribution in [2.24, 2.45) is 0 Å². The van der Waals surface area contributed by atoms with Gasteiger partial charge in [0.15, 0.2) is 6.61 Å². The SMILES string of the molecule is Cc1cc(C)cc(Oc2ncnc(NNC(=O)COc3ccc(Cl)cc3Cl)c2[N+](=O)[O-])c1. The number of anilines is 1. The number of aryl methyl sites for hydroxylation is 2. The van der Waals surface area contributed by atoms with Crippen molar-refractivity contribution in [2.75, 3.05) is 12.0 Å². The summed E-state index contributed by atoms with van der Waals surface area (Å²) < 4.78 is 10.9. The first-order chi connectivity index (χ1) is 15.2. The second-order valence-corrected chi connectivity index (χ2v) is 7.44. The van der Waals surface area contributed by atoms with Gasteiger partial charge in [-0.15, -0.1) is 0 Å². The van der Waals surface area contributed by atoms with Crippen LogP contribution in [0.1, 0.15) is 11.1 Å². The largest absolute Gasteiger partial charge is 0.482 e. The van der Waals surface area contributed by atoms with Crippen LogP contribution in [-0.2, 0) is 4.79 Å². The highest BCUT2D eigenvalue weighted by atomic mass is 35.5. The maximum absolute atomic E-state index is 12.1. The van der Waals surface area contributed by atoms with E-state index in [2.05, 4.69) is 20.8 Å². The molecule has 3 aromatic rings. The number of hydrogen-bond acceptors (Lipinski definition) is 8. The lowest BCUT2D eigenvalue weighted by Gasteiger charge is -2.12. The quantitative estimate of drug-likeness (QED) is 0.355. The summed E-state index contributed by atoms with van der Waals surface area (Å²) in [4.78, 5) is 30.7. The lowest BCUT2D eigenvalue weighted by Crippen LogP contribution is -2.34. The van der Waals surface area contributed by atoms with Crippen LogP contribution in [0.15, 0.2) is 42.7 Å². The van der Waals surface area contributed by atoms with E-state index in [1.54, 1.807) is 18.2 Å². The van der Waals surface area contributed by atoms with E-state index >= 15 is 0 Å². The zero-order valence-corrected chi connectivity index (χ0v) is 18.4. The van der Waals surface area contributed by atoms with Gasteiger partial charge in [-0.2, -0.15) is 4.98 Å². The van der Waals surface area contributed by atoms with Gasteiger partial charge in [0.05, 0.1) is 9.95 Å². The Morgan fingerprint density at radius 3 is 2.50 bits per heavy atom. The molecule has 166 valence electrons. The minimum Gasteiger partial charge on any atom is -0.482 e. The third-order valence-electron chi connectivity index (χ3n) is 3.95. The Balaban J connectivity index is 1.70. The molecule has 1 heterocycles. The first kappa shape index (κ1) is 23.0. The molecule has 2 aromatic carbocycles. The zero-order chi connectivity index (χ0) is 23.3. The van der Waals surface area contributed by atoms with E-state index in [-0.39, 0.29) is 22.5 Å². The van der Waals surface area contributed by atoms with E-state index in [1.165, 1.54) is 12.1 Å². The maximum atomic E-state index is 12.1. The molecule has 0 fully saturated rings. The van der Waals surface area contributed by atoms with Crippen LogP contribution in [0, 0.1) is 24.0 Å². The van der Waals surface area contributed by atoms with E-state index in [0.29, 0.717) is 10.8 Å². The molecular weight excluding hydrogens is 461 g/mol. The van der Waals surface area contributed by atoms with Crippen molar-refractivity contribution in [3.05, 3.63) is 74.0 Å². The van der Waals surface area contributed by atoms with Gasteiger partial charge in [-0.05, 0) is 55.3 Å². The van der Waals surface area contributed by atoms with Crippen LogP contribution < -0.4 is 20.3 Å². The van der Waals surface area contributed by atoms with Crippen LogP contribution in [0.2, 0.25) is 10.0 Å². The average molecular weight is 478 g/mol. The number of carbonyl (C=O) groups is 1. The van der Waals surface area contributed by atoms with E-state index in [4.69, 9.17) is 32.7 Å². The minimum atomic E-state index is -0.712. The summed E-state index contributed by atoms with van der Waals surface area (Å²) in [7, 11) is 0. The fourth-order valence-corrected chi connectivity index (χ4v) is 3.16. The number of rotatable bonds is 8. The molecule has 10 nitrogen and oxygen atoms in total. The molecule has 1 aromatic heterocycles. The number of hydrazine groups is 1. The Hall–Kier alpha value is -3.63. The van der Waals surface area contributed by atoms with Crippen molar-refractivity contribution >= 4 is 40.6 Å². The fraction of sp³-hybridized carbons (Fsp3) is 0.150. The monoisotopic (exact) mass is 477 g/mol. The van der Waals surface area contributed by atoms with E-state index in [1.807, 2.05) is 19.9 Å². The first-order valence-electron chi connectivity index (χ1n) is 9.11. The van der Waals surface area contributed by atoms with Gasteiger partial charge in [-0.1, -0.05) is 29.3 Å². The van der Waals surface area contributed by atoms with Gasteiger partial charge in [-0.25, -0.2) is 4.98 Å². The van der Waals surface area contributed by atoms with E-state index in [9.17, 15) is 14.9 Å². The summed E-state index contributed by atoms with van der Waals surface area (Å²) in [5.74, 6) is -0.546. The normalized spacial score (nSPS) is 10.4. The molecule has 0 spiro atoms. The molecule has 0 atom stereocenters. The molecule has 0 aliphatic carbocycles. The Morgan fingerprint density at radius 2 is 1.84 bits per heavy atom. The van der Waals surface area contributed by atoms with Crippen molar-refractivity contribution in [3.63, 3.8) is 0 Å². The number of aromatic nitrogens is 2. The second-order valence-electron chi connectivity index (χ2n) is 6.60. The zero-order valence-electron chi connectivity index (χ0n) is 16.9. The van der Waals surface area contributed by atoms with Crippen molar-refractivity contribution < 1.29 is 19.2 Å². The summed E-state index contributed by atoms with van der Waals surface area (Å²) in [6.07, 6.45) is 1.07. The summed E-state index contributed by atoms with van der Waals surface area (Å²) in [6.45, 7) is 3.32. The highest BCUT2D eigenvalue weighted by Gasteiger charge is 2.25. The van der Waals surface area contributed by atoms with Crippen molar-refractivity contribution in [1.29, 1.82) is 0 Å². The van der Waals surface area contributed by atoms with E-state index < -0.39 is 23.1 Å². The molecule has 2 N–H and O–H groups in total. The van der Waals surface area contributed by atoms with Gasteiger partial charge in [-0.3, -0.25) is 25.8 Å². The molecular formula is C20H17Cl2N5O5. The number of nitrogens with one attached hydrogen (secondary N) is 2. The third-order valence-corrected chi connectivity index (χ3v) is 4.48. The minimum absolute atomic E-state index is 0.234. The topological polar surface area (TPSA) is 129 Å². The van der Waals surface area contributed by atoms with Crippen molar-refractivity contribution in [3.8, 4) is 17.4 Å². The standard InChI is InChI=1S/C20H17Cl2N5O5/c1-11-5-12(2)7-14(6-11)32-20-18(27(29)30)19(23-10-24-20)26-25-17(28)9-31-16-4-3-13(21)8-15(16)22/h3-8,10H,9H2,1-2H3,(H,25,28)(H,23,24,26). The highest BCUT2D eigenvalue weighted by molar-refractivity contribution is 6.35. The van der Waals surface area contributed by atoms with Gasteiger partial charge in [0, 0.05) is 5.02 Å². The molecule has 0 aliphatic heterocycles. The molecule has 0 unspecified atom stereocenters. The van der Waals surface area contributed by atoms with Crippen LogP contribution in [0.5, 0.6) is 17.4 Å². The Morgan fingerprint density at radius 1 is 1.12 bits per heavy atom. The molecule has 3 rings (SSSR count). The fourth-order valence-electron chi connectivity index (χ4n) is 2.70. The predicted octanol–water partition coefficient (Wildman–Crippen LogP) is 4.62. The number of ether oxygens (including phenoxy) is 2. The van der Waals surface area contributed by atoms with Crippen molar-refractivity contribution in [2.45, 2.75) is 13.8 Å². The Bertz CT molecular complexity index is 1150. The van der Waals surface area contributed by atoms with Crippen LogP contribution in [0.4, 0.5) is 11.5 Å². The van der Waals surface area contributed by atoms with Gasteiger partial charge >= 0.3 is 11.6 Å². The Kier molecular flexibility index (Phi) is 7.29. The molecule has 0 bridgehead atoms. The average Bonchev–Trinajstić information content (AvgIpc) is 2.70. The number of amides is 1. The molecule has 1 amide bonds.